The first-order chi connectivity index (χ1) is 13.2. The van der Waals surface area contributed by atoms with Crippen molar-refractivity contribution in [1.82, 2.24) is 9.97 Å². The Morgan fingerprint density at radius 3 is 2.96 bits per heavy atom. The second kappa shape index (κ2) is 8.42. The van der Waals surface area contributed by atoms with Gasteiger partial charge in [0.05, 0.1) is 18.1 Å². The highest BCUT2D eigenvalue weighted by Gasteiger charge is 2.25. The molecule has 3 aromatic rings. The fraction of sp³-hybridized carbons (Fsp3) is 0.333. The number of fused-ring (bicyclic) bond motifs is 3. The predicted octanol–water partition coefficient (Wildman–Crippen LogP) is 5.32. The van der Waals surface area contributed by atoms with Crippen molar-refractivity contribution in [3.8, 4) is 0 Å². The van der Waals surface area contributed by atoms with Gasteiger partial charge in [0.1, 0.15) is 10.6 Å². The van der Waals surface area contributed by atoms with Gasteiger partial charge in [-0.2, -0.15) is 0 Å². The maximum Gasteiger partial charge on any atom is 0.191 e. The predicted molar refractivity (Wildman–Crippen MR) is 115 cm³/mol. The van der Waals surface area contributed by atoms with E-state index in [1.807, 2.05) is 18.2 Å². The topological polar surface area (TPSA) is 61.0 Å². The van der Waals surface area contributed by atoms with Crippen molar-refractivity contribution in [3.63, 3.8) is 0 Å². The van der Waals surface area contributed by atoms with E-state index in [1.165, 1.54) is 16.0 Å². The molecule has 6 heteroatoms. The van der Waals surface area contributed by atoms with Crippen LogP contribution in [0.5, 0.6) is 0 Å². The number of rotatable bonds is 6. The largest absolute Gasteiger partial charge is 0.383 e. The number of anilines is 1. The lowest BCUT2D eigenvalue weighted by Crippen LogP contribution is -2.21. The molecule has 4 nitrogen and oxygen atoms in total. The van der Waals surface area contributed by atoms with E-state index < -0.39 is 0 Å². The average molecular weight is 398 g/mol. The number of nitrogen functional groups attached to an aromatic ring is 1. The summed E-state index contributed by atoms with van der Waals surface area (Å²) in [4.78, 5) is 11.6. The highest BCUT2D eigenvalue weighted by Crippen LogP contribution is 2.38. The Morgan fingerprint density at radius 2 is 2.15 bits per heavy atom. The molecule has 0 amide bonds. The van der Waals surface area contributed by atoms with Gasteiger partial charge in [0, 0.05) is 17.1 Å². The molecular weight excluding hydrogens is 374 g/mol. The summed E-state index contributed by atoms with van der Waals surface area (Å²) in [5.41, 5.74) is 8.82. The molecule has 1 atom stereocenters. The van der Waals surface area contributed by atoms with Gasteiger partial charge < -0.3 is 10.5 Å². The van der Waals surface area contributed by atoms with Crippen LogP contribution >= 0.6 is 23.1 Å². The molecule has 0 saturated carbocycles. The Morgan fingerprint density at radius 1 is 1.30 bits per heavy atom. The number of thioether (sulfide) groups is 1. The maximum absolute atomic E-state index is 6.32. The van der Waals surface area contributed by atoms with Crippen molar-refractivity contribution in [3.05, 3.63) is 52.4 Å². The van der Waals surface area contributed by atoms with Gasteiger partial charge in [0.15, 0.2) is 5.16 Å². The fourth-order valence-corrected chi connectivity index (χ4v) is 5.22. The zero-order valence-electron chi connectivity index (χ0n) is 15.4. The molecule has 2 aromatic heterocycles. The van der Waals surface area contributed by atoms with Crippen LogP contribution in [0.3, 0.4) is 0 Å². The maximum atomic E-state index is 6.32. The second-order valence-electron chi connectivity index (χ2n) is 6.63. The molecule has 1 unspecified atom stereocenters. The molecule has 0 aliphatic carbocycles. The van der Waals surface area contributed by atoms with Crippen molar-refractivity contribution in [1.29, 1.82) is 0 Å². The molecule has 27 heavy (non-hydrogen) atoms. The Bertz CT molecular complexity index is 953. The van der Waals surface area contributed by atoms with E-state index >= 15 is 0 Å². The summed E-state index contributed by atoms with van der Waals surface area (Å²) < 4.78 is 5.97. The van der Waals surface area contributed by atoms with Gasteiger partial charge >= 0.3 is 0 Å². The molecule has 0 saturated heterocycles. The van der Waals surface area contributed by atoms with Crippen LogP contribution in [0.2, 0.25) is 0 Å². The molecule has 0 spiro atoms. The Labute approximate surface area is 167 Å². The van der Waals surface area contributed by atoms with E-state index in [-0.39, 0.29) is 6.10 Å². The SMILES string of the molecule is CCCC1Cc2c(sc3nc(SCC=Cc4ccccc4)nc(N)c23)CO1. The van der Waals surface area contributed by atoms with E-state index in [0.29, 0.717) is 12.4 Å². The van der Waals surface area contributed by atoms with Gasteiger partial charge in [-0.1, -0.05) is 67.6 Å². The molecule has 2 N–H and O–H groups in total. The van der Waals surface area contributed by atoms with Crippen LogP contribution in [0.1, 0.15) is 35.8 Å². The third-order valence-electron chi connectivity index (χ3n) is 4.65. The molecule has 0 bridgehead atoms. The van der Waals surface area contributed by atoms with Gasteiger partial charge in [0.2, 0.25) is 0 Å². The van der Waals surface area contributed by atoms with Crippen LogP contribution in [0.15, 0.2) is 41.6 Å². The van der Waals surface area contributed by atoms with Crippen LogP contribution in [0.25, 0.3) is 16.3 Å². The summed E-state index contributed by atoms with van der Waals surface area (Å²) in [7, 11) is 0. The molecule has 1 aromatic carbocycles. The summed E-state index contributed by atoms with van der Waals surface area (Å²) in [5, 5.41) is 1.78. The van der Waals surface area contributed by atoms with Crippen molar-refractivity contribution in [2.75, 3.05) is 11.5 Å². The molecule has 0 fully saturated rings. The summed E-state index contributed by atoms with van der Waals surface area (Å²) in [6.45, 7) is 2.86. The minimum Gasteiger partial charge on any atom is -0.383 e. The van der Waals surface area contributed by atoms with Crippen LogP contribution in [-0.2, 0) is 17.8 Å². The third kappa shape index (κ3) is 4.18. The lowest BCUT2D eigenvalue weighted by molar-refractivity contribution is 0.0254. The number of hydrogen-bond donors (Lipinski definition) is 1. The van der Waals surface area contributed by atoms with E-state index in [2.05, 4.69) is 36.2 Å². The Balaban J connectivity index is 1.50. The van der Waals surface area contributed by atoms with Crippen molar-refractivity contribution < 1.29 is 4.74 Å². The van der Waals surface area contributed by atoms with E-state index in [0.717, 1.165) is 40.4 Å². The fourth-order valence-electron chi connectivity index (χ4n) is 3.37. The summed E-state index contributed by atoms with van der Waals surface area (Å²) in [6, 6.07) is 10.3. The standard InChI is InChI=1S/C21H23N3OS2/c1-2-7-15-12-16-17(13-25-15)27-20-18(16)19(22)23-21(24-20)26-11-6-10-14-8-4-3-5-9-14/h3-6,8-10,15H,2,7,11-13H2,1H3,(H2,22,23,24). The molecular formula is C21H23N3OS2. The van der Waals surface area contributed by atoms with Crippen LogP contribution in [0.4, 0.5) is 5.82 Å². The Kier molecular flexibility index (Phi) is 5.76. The zero-order chi connectivity index (χ0) is 18.6. The van der Waals surface area contributed by atoms with E-state index in [4.69, 9.17) is 15.5 Å². The summed E-state index contributed by atoms with van der Waals surface area (Å²) in [6.07, 6.45) is 7.67. The van der Waals surface area contributed by atoms with Crippen LogP contribution in [-0.4, -0.2) is 21.8 Å². The monoisotopic (exact) mass is 397 g/mol. The number of ether oxygens (including phenoxy) is 1. The number of aromatic nitrogens is 2. The lowest BCUT2D eigenvalue weighted by Gasteiger charge is -2.22. The zero-order valence-corrected chi connectivity index (χ0v) is 17.0. The highest BCUT2D eigenvalue weighted by atomic mass is 32.2. The molecule has 140 valence electrons. The quantitative estimate of drug-likeness (QED) is 0.450. The highest BCUT2D eigenvalue weighted by molar-refractivity contribution is 7.99. The first-order valence-corrected chi connectivity index (χ1v) is 11.1. The molecule has 3 heterocycles. The van der Waals surface area contributed by atoms with Gasteiger partial charge in [-0.25, -0.2) is 9.97 Å². The molecule has 1 aliphatic heterocycles. The van der Waals surface area contributed by atoms with Gasteiger partial charge in [-0.15, -0.1) is 11.3 Å². The minimum atomic E-state index is 0.289. The molecule has 1 aliphatic rings. The van der Waals surface area contributed by atoms with E-state index in [1.54, 1.807) is 23.1 Å². The first kappa shape index (κ1) is 18.5. The number of nitrogens with two attached hydrogens (primary N) is 1. The van der Waals surface area contributed by atoms with Crippen molar-refractivity contribution in [2.24, 2.45) is 0 Å². The average Bonchev–Trinajstić information content (AvgIpc) is 3.04. The molecule has 4 rings (SSSR count). The lowest BCUT2D eigenvalue weighted by atomic mass is 10.0. The number of benzene rings is 1. The first-order valence-electron chi connectivity index (χ1n) is 9.28. The Hall–Kier alpha value is -1.89. The van der Waals surface area contributed by atoms with Gasteiger partial charge in [-0.05, 0) is 17.5 Å². The van der Waals surface area contributed by atoms with Gasteiger partial charge in [0.25, 0.3) is 0 Å². The van der Waals surface area contributed by atoms with Crippen molar-refractivity contribution in [2.45, 2.75) is 44.1 Å². The smallest absolute Gasteiger partial charge is 0.191 e. The van der Waals surface area contributed by atoms with Crippen LogP contribution in [0, 0.1) is 0 Å². The molecule has 0 radical (unpaired) electrons. The van der Waals surface area contributed by atoms with E-state index in [9.17, 15) is 0 Å². The minimum absolute atomic E-state index is 0.289. The number of thiophene rings is 1. The number of nitrogens with zero attached hydrogens (tertiary/aromatic N) is 2. The second-order valence-corrected chi connectivity index (χ2v) is 8.70. The van der Waals surface area contributed by atoms with Gasteiger partial charge in [-0.3, -0.25) is 0 Å². The summed E-state index contributed by atoms with van der Waals surface area (Å²) in [5.74, 6) is 1.41. The van der Waals surface area contributed by atoms with Crippen molar-refractivity contribution >= 4 is 45.2 Å². The third-order valence-corrected chi connectivity index (χ3v) is 6.55. The normalized spacial score (nSPS) is 16.9. The summed E-state index contributed by atoms with van der Waals surface area (Å²) >= 11 is 3.31. The number of hydrogen-bond acceptors (Lipinski definition) is 6. The van der Waals surface area contributed by atoms with Crippen LogP contribution < -0.4 is 5.73 Å².